The fraction of sp³-hybridized carbons (Fsp3) is 0.333. The first-order valence-electron chi connectivity index (χ1n) is 4.94. The van der Waals surface area contributed by atoms with Crippen molar-refractivity contribution in [2.75, 3.05) is 19.4 Å². The zero-order chi connectivity index (χ0) is 12.6. The molecule has 2 amide bonds. The Hall–Kier alpha value is -1.84. The molecule has 1 rings (SSSR count). The molecule has 0 aliphatic heterocycles. The van der Waals surface area contributed by atoms with Crippen molar-refractivity contribution in [3.63, 3.8) is 0 Å². The molecule has 0 saturated carbocycles. The molecule has 0 aromatic heterocycles. The van der Waals surface area contributed by atoms with Crippen molar-refractivity contribution in [3.05, 3.63) is 30.3 Å². The number of nitrogens with zero attached hydrogens (tertiary/aromatic N) is 1. The van der Waals surface area contributed by atoms with Gasteiger partial charge in [-0.15, -0.1) is 0 Å². The summed E-state index contributed by atoms with van der Waals surface area (Å²) >= 11 is 0. The molecule has 0 atom stereocenters. The van der Waals surface area contributed by atoms with Crippen LogP contribution in [0.25, 0.3) is 0 Å². The van der Waals surface area contributed by atoms with Crippen LogP contribution in [0, 0.1) is 0 Å². The third kappa shape index (κ3) is 7.55. The van der Waals surface area contributed by atoms with E-state index in [4.69, 9.17) is 0 Å². The maximum Gasteiger partial charge on any atom is 0.221 e. The van der Waals surface area contributed by atoms with E-state index in [1.165, 1.54) is 18.7 Å². The Morgan fingerprint density at radius 3 is 1.81 bits per heavy atom. The van der Waals surface area contributed by atoms with Crippen LogP contribution in [-0.2, 0) is 9.59 Å². The number of nitrogens with one attached hydrogen (secondary N) is 1. The molecular weight excluding hydrogens is 204 g/mol. The van der Waals surface area contributed by atoms with Crippen LogP contribution in [0.15, 0.2) is 30.3 Å². The number of para-hydroxylation sites is 1. The molecular formula is C12H18N2O2. The van der Waals surface area contributed by atoms with E-state index in [-0.39, 0.29) is 11.8 Å². The molecule has 1 aromatic carbocycles. The average molecular weight is 222 g/mol. The molecule has 0 radical (unpaired) electrons. The smallest absolute Gasteiger partial charge is 0.221 e. The third-order valence-electron chi connectivity index (χ3n) is 1.72. The van der Waals surface area contributed by atoms with Crippen LogP contribution in [0.4, 0.5) is 5.69 Å². The average Bonchev–Trinajstić information content (AvgIpc) is 2.19. The van der Waals surface area contributed by atoms with Gasteiger partial charge in [0.2, 0.25) is 11.8 Å². The zero-order valence-electron chi connectivity index (χ0n) is 10.2. The lowest BCUT2D eigenvalue weighted by Gasteiger charge is -2.02. The Labute approximate surface area is 96.3 Å². The topological polar surface area (TPSA) is 49.4 Å². The van der Waals surface area contributed by atoms with Gasteiger partial charge < -0.3 is 10.2 Å². The second kappa shape index (κ2) is 7.45. The number of anilines is 1. The van der Waals surface area contributed by atoms with Gasteiger partial charge in [-0.25, -0.2) is 0 Å². The van der Waals surface area contributed by atoms with E-state index in [9.17, 15) is 9.59 Å². The van der Waals surface area contributed by atoms with Gasteiger partial charge in [-0.1, -0.05) is 18.2 Å². The number of benzene rings is 1. The van der Waals surface area contributed by atoms with Crippen LogP contribution in [0.2, 0.25) is 0 Å². The molecule has 0 bridgehead atoms. The maximum absolute atomic E-state index is 10.5. The number of carbonyl (C=O) groups excluding carboxylic acids is 2. The van der Waals surface area contributed by atoms with Crippen molar-refractivity contribution in [1.29, 1.82) is 0 Å². The third-order valence-corrected chi connectivity index (χ3v) is 1.72. The Bertz CT molecular complexity index is 334. The summed E-state index contributed by atoms with van der Waals surface area (Å²) in [7, 11) is 3.45. The van der Waals surface area contributed by atoms with E-state index in [0.717, 1.165) is 5.69 Å². The number of hydrogen-bond acceptors (Lipinski definition) is 2. The highest BCUT2D eigenvalue weighted by Gasteiger charge is 1.90. The van der Waals surface area contributed by atoms with Gasteiger partial charge >= 0.3 is 0 Å². The van der Waals surface area contributed by atoms with E-state index < -0.39 is 0 Å². The van der Waals surface area contributed by atoms with E-state index in [0.29, 0.717) is 0 Å². The highest BCUT2D eigenvalue weighted by atomic mass is 16.2. The molecule has 88 valence electrons. The molecule has 0 aliphatic rings. The van der Waals surface area contributed by atoms with Gasteiger partial charge in [0.25, 0.3) is 0 Å². The fourth-order valence-corrected chi connectivity index (χ4v) is 0.725. The quantitative estimate of drug-likeness (QED) is 0.786. The van der Waals surface area contributed by atoms with Gasteiger partial charge in [-0.2, -0.15) is 0 Å². The van der Waals surface area contributed by atoms with Crippen LogP contribution in [-0.4, -0.2) is 30.8 Å². The maximum atomic E-state index is 10.5. The second-order valence-electron chi connectivity index (χ2n) is 3.46. The summed E-state index contributed by atoms with van der Waals surface area (Å²) < 4.78 is 0. The predicted octanol–water partition coefficient (Wildman–Crippen LogP) is 1.74. The summed E-state index contributed by atoms with van der Waals surface area (Å²) in [6.45, 7) is 3.02. The highest BCUT2D eigenvalue weighted by Crippen LogP contribution is 2.03. The molecule has 1 N–H and O–H groups in total. The lowest BCUT2D eigenvalue weighted by Crippen LogP contribution is -2.17. The van der Waals surface area contributed by atoms with E-state index >= 15 is 0 Å². The van der Waals surface area contributed by atoms with Crippen molar-refractivity contribution in [3.8, 4) is 0 Å². The van der Waals surface area contributed by atoms with Gasteiger partial charge in [0.05, 0.1) is 0 Å². The Kier molecular flexibility index (Phi) is 6.59. The van der Waals surface area contributed by atoms with Gasteiger partial charge in [-0.3, -0.25) is 9.59 Å². The number of amides is 2. The summed E-state index contributed by atoms with van der Waals surface area (Å²) in [5, 5.41) is 2.67. The first-order valence-corrected chi connectivity index (χ1v) is 4.94. The Morgan fingerprint density at radius 2 is 1.50 bits per heavy atom. The van der Waals surface area contributed by atoms with Crippen molar-refractivity contribution >= 4 is 17.5 Å². The minimum atomic E-state index is -0.0359. The van der Waals surface area contributed by atoms with Crippen LogP contribution < -0.4 is 5.32 Å². The van der Waals surface area contributed by atoms with Gasteiger partial charge in [-0.05, 0) is 12.1 Å². The summed E-state index contributed by atoms with van der Waals surface area (Å²) in [5.74, 6) is 0.0567. The van der Waals surface area contributed by atoms with E-state index in [2.05, 4.69) is 5.32 Å². The molecule has 0 saturated heterocycles. The zero-order valence-corrected chi connectivity index (χ0v) is 10.2. The van der Waals surface area contributed by atoms with Gasteiger partial charge in [0.15, 0.2) is 0 Å². The molecule has 0 aliphatic carbocycles. The predicted molar refractivity (Wildman–Crippen MR) is 65.1 cm³/mol. The van der Waals surface area contributed by atoms with Crippen molar-refractivity contribution < 1.29 is 9.59 Å². The minimum absolute atomic E-state index is 0.0359. The van der Waals surface area contributed by atoms with Gasteiger partial charge in [0.1, 0.15) is 0 Å². The first kappa shape index (κ1) is 14.2. The lowest BCUT2D eigenvalue weighted by molar-refractivity contribution is -0.126. The largest absolute Gasteiger partial charge is 0.349 e. The number of rotatable bonds is 1. The highest BCUT2D eigenvalue weighted by molar-refractivity contribution is 5.88. The number of hydrogen-bond donors (Lipinski definition) is 1. The summed E-state index contributed by atoms with van der Waals surface area (Å²) in [5.41, 5.74) is 0.843. The molecule has 0 unspecified atom stereocenters. The Balaban J connectivity index is 0.000000325. The van der Waals surface area contributed by atoms with Gasteiger partial charge in [0, 0.05) is 33.6 Å². The molecule has 1 aromatic rings. The normalized spacial score (nSPS) is 8.50. The summed E-state index contributed by atoms with van der Waals surface area (Å²) in [6, 6.07) is 9.37. The monoisotopic (exact) mass is 222 g/mol. The molecule has 4 nitrogen and oxygen atoms in total. The van der Waals surface area contributed by atoms with Crippen molar-refractivity contribution in [1.82, 2.24) is 4.90 Å². The van der Waals surface area contributed by atoms with E-state index in [1.807, 2.05) is 30.3 Å². The molecule has 0 fully saturated rings. The minimum Gasteiger partial charge on any atom is -0.349 e. The summed E-state index contributed by atoms with van der Waals surface area (Å²) in [6.07, 6.45) is 0. The second-order valence-corrected chi connectivity index (χ2v) is 3.46. The molecule has 16 heavy (non-hydrogen) atoms. The van der Waals surface area contributed by atoms with Crippen LogP contribution in [0.1, 0.15) is 13.8 Å². The molecule has 0 spiro atoms. The SMILES string of the molecule is CC(=O)N(C)C.CC(=O)Nc1ccccc1. The van der Waals surface area contributed by atoms with E-state index in [1.54, 1.807) is 14.1 Å². The van der Waals surface area contributed by atoms with Crippen LogP contribution in [0.5, 0.6) is 0 Å². The van der Waals surface area contributed by atoms with Crippen molar-refractivity contribution in [2.45, 2.75) is 13.8 Å². The first-order chi connectivity index (χ1) is 7.43. The molecule has 0 heterocycles. The summed E-state index contributed by atoms with van der Waals surface area (Å²) in [4.78, 5) is 22.1. The van der Waals surface area contributed by atoms with Crippen LogP contribution >= 0.6 is 0 Å². The molecule has 4 heteroatoms. The van der Waals surface area contributed by atoms with Crippen molar-refractivity contribution in [2.24, 2.45) is 0 Å². The standard InChI is InChI=1S/C8H9NO.C4H9NO/c1-7(10)9-8-5-3-2-4-6-8;1-4(6)5(2)3/h2-6H,1H3,(H,9,10);1-3H3. The van der Waals surface area contributed by atoms with Crippen LogP contribution in [0.3, 0.4) is 0 Å². The fourth-order valence-electron chi connectivity index (χ4n) is 0.725. The Morgan fingerprint density at radius 1 is 1.06 bits per heavy atom. The lowest BCUT2D eigenvalue weighted by atomic mass is 10.3. The number of carbonyl (C=O) groups is 2.